The Balaban J connectivity index is 1.73. The maximum Gasteiger partial charge on any atom is 0.132 e. The van der Waals surface area contributed by atoms with Crippen molar-refractivity contribution < 1.29 is 0 Å². The normalized spacial score (nSPS) is 26.5. The van der Waals surface area contributed by atoms with Crippen LogP contribution in [0.3, 0.4) is 0 Å². The Hall–Kier alpha value is -0.960. The van der Waals surface area contributed by atoms with Crippen molar-refractivity contribution >= 4 is 0 Å². The van der Waals surface area contributed by atoms with Gasteiger partial charge in [0.25, 0.3) is 0 Å². The summed E-state index contributed by atoms with van der Waals surface area (Å²) in [4.78, 5) is 9.02. The highest BCUT2D eigenvalue weighted by Crippen LogP contribution is 2.39. The minimum atomic E-state index is 0.534. The molecule has 0 aromatic carbocycles. The molecule has 2 heterocycles. The molecule has 1 aliphatic heterocycles. The predicted octanol–water partition coefficient (Wildman–Crippen LogP) is 1.82. The van der Waals surface area contributed by atoms with Crippen LogP contribution in [0.15, 0.2) is 12.4 Å². The van der Waals surface area contributed by atoms with Crippen molar-refractivity contribution in [2.45, 2.75) is 37.5 Å². The third-order valence-electron chi connectivity index (χ3n) is 3.40. The summed E-state index contributed by atoms with van der Waals surface area (Å²) >= 11 is 0. The van der Waals surface area contributed by atoms with Gasteiger partial charge in [0, 0.05) is 24.9 Å². The van der Waals surface area contributed by atoms with Crippen molar-refractivity contribution in [3.8, 4) is 0 Å². The largest absolute Gasteiger partial charge is 0.316 e. The second-order valence-electron chi connectivity index (χ2n) is 4.69. The van der Waals surface area contributed by atoms with Gasteiger partial charge < -0.3 is 5.32 Å². The summed E-state index contributed by atoms with van der Waals surface area (Å²) in [5, 5.41) is 3.40. The molecule has 1 aromatic rings. The lowest BCUT2D eigenvalue weighted by Gasteiger charge is -2.21. The Bertz CT molecular complexity index is 323. The topological polar surface area (TPSA) is 37.8 Å². The molecule has 1 N–H and O–H groups in total. The number of nitrogens with one attached hydrogen (secondary N) is 1. The summed E-state index contributed by atoms with van der Waals surface area (Å²) in [6.07, 6.45) is 9.21. The van der Waals surface area contributed by atoms with Gasteiger partial charge >= 0.3 is 0 Å². The molecular formula is C12H17N3. The van der Waals surface area contributed by atoms with Crippen molar-refractivity contribution in [1.29, 1.82) is 0 Å². The van der Waals surface area contributed by atoms with Crippen molar-refractivity contribution in [3.63, 3.8) is 0 Å². The Labute approximate surface area is 90.3 Å². The Morgan fingerprint density at radius 1 is 1.07 bits per heavy atom. The minimum Gasteiger partial charge on any atom is -0.316 e. The molecule has 1 aromatic heterocycles. The summed E-state index contributed by atoms with van der Waals surface area (Å²) in [5.74, 6) is 2.34. The van der Waals surface area contributed by atoms with Gasteiger partial charge in [-0.15, -0.1) is 0 Å². The van der Waals surface area contributed by atoms with Crippen LogP contribution in [0, 0.1) is 0 Å². The summed E-state index contributed by atoms with van der Waals surface area (Å²) in [7, 11) is 0. The Morgan fingerprint density at radius 3 is 2.47 bits per heavy atom. The number of piperidine rings is 1. The highest BCUT2D eigenvalue weighted by molar-refractivity contribution is 5.18. The maximum atomic E-state index is 4.51. The summed E-state index contributed by atoms with van der Waals surface area (Å²) in [6, 6.07) is 0. The second kappa shape index (κ2) is 3.89. The standard InChI is InChI=1S/C12H17N3/c1-2-10(6-13-5-1)12-14-7-11(8-15-12)9-3-4-9/h7-10,13H,1-6H2. The third-order valence-corrected chi connectivity index (χ3v) is 3.40. The van der Waals surface area contributed by atoms with Crippen LogP contribution in [0.4, 0.5) is 0 Å². The van der Waals surface area contributed by atoms with Crippen LogP contribution in [0.25, 0.3) is 0 Å². The summed E-state index contributed by atoms with van der Waals surface area (Å²) in [5.41, 5.74) is 1.34. The lowest BCUT2D eigenvalue weighted by atomic mass is 9.99. The predicted molar refractivity (Wildman–Crippen MR) is 58.9 cm³/mol. The molecule has 3 nitrogen and oxygen atoms in total. The lowest BCUT2D eigenvalue weighted by molar-refractivity contribution is 0.446. The van der Waals surface area contributed by atoms with Crippen molar-refractivity contribution in [3.05, 3.63) is 23.8 Å². The van der Waals surface area contributed by atoms with Crippen LogP contribution >= 0.6 is 0 Å². The van der Waals surface area contributed by atoms with Crippen LogP contribution < -0.4 is 5.32 Å². The molecule has 3 rings (SSSR count). The van der Waals surface area contributed by atoms with Crippen LogP contribution in [0.5, 0.6) is 0 Å². The Kier molecular flexibility index (Phi) is 2.41. The zero-order valence-electron chi connectivity index (χ0n) is 8.95. The van der Waals surface area contributed by atoms with E-state index in [0.717, 1.165) is 24.8 Å². The van der Waals surface area contributed by atoms with Gasteiger partial charge in [-0.25, -0.2) is 9.97 Å². The SMILES string of the molecule is c1nc(C2CCCNC2)ncc1C1CC1. The molecule has 15 heavy (non-hydrogen) atoms. The van der Waals surface area contributed by atoms with Gasteiger partial charge in [0.05, 0.1) is 0 Å². The highest BCUT2D eigenvalue weighted by atomic mass is 14.9. The zero-order chi connectivity index (χ0) is 10.1. The number of nitrogens with zero attached hydrogens (tertiary/aromatic N) is 2. The van der Waals surface area contributed by atoms with E-state index in [-0.39, 0.29) is 0 Å². The molecular weight excluding hydrogens is 186 g/mol. The molecule has 1 saturated heterocycles. The third kappa shape index (κ3) is 2.02. The van der Waals surface area contributed by atoms with E-state index < -0.39 is 0 Å². The molecule has 0 spiro atoms. The smallest absolute Gasteiger partial charge is 0.132 e. The molecule has 3 heteroatoms. The molecule has 2 fully saturated rings. The van der Waals surface area contributed by atoms with Gasteiger partial charge in [-0.3, -0.25) is 0 Å². The molecule has 1 aliphatic carbocycles. The number of rotatable bonds is 2. The maximum absolute atomic E-state index is 4.51. The van der Waals surface area contributed by atoms with E-state index in [1.165, 1.54) is 31.2 Å². The van der Waals surface area contributed by atoms with Crippen LogP contribution in [-0.4, -0.2) is 23.1 Å². The average molecular weight is 203 g/mol. The van der Waals surface area contributed by atoms with Crippen molar-refractivity contribution in [1.82, 2.24) is 15.3 Å². The fourth-order valence-electron chi connectivity index (χ4n) is 2.26. The minimum absolute atomic E-state index is 0.534. The molecule has 0 bridgehead atoms. The van der Waals surface area contributed by atoms with E-state index in [4.69, 9.17) is 0 Å². The van der Waals surface area contributed by atoms with E-state index in [2.05, 4.69) is 15.3 Å². The van der Waals surface area contributed by atoms with Gasteiger partial charge in [-0.2, -0.15) is 0 Å². The van der Waals surface area contributed by atoms with Gasteiger partial charge in [0.2, 0.25) is 0 Å². The molecule has 1 saturated carbocycles. The zero-order valence-corrected chi connectivity index (χ0v) is 8.95. The second-order valence-corrected chi connectivity index (χ2v) is 4.69. The summed E-state index contributed by atoms with van der Waals surface area (Å²) < 4.78 is 0. The molecule has 1 unspecified atom stereocenters. The first-order valence-corrected chi connectivity index (χ1v) is 5.96. The van der Waals surface area contributed by atoms with Crippen molar-refractivity contribution in [2.24, 2.45) is 0 Å². The van der Waals surface area contributed by atoms with Crippen LogP contribution in [0.1, 0.15) is 48.9 Å². The fraction of sp³-hybridized carbons (Fsp3) is 0.667. The van der Waals surface area contributed by atoms with Crippen LogP contribution in [-0.2, 0) is 0 Å². The molecule has 0 radical (unpaired) electrons. The number of aromatic nitrogens is 2. The van der Waals surface area contributed by atoms with Gasteiger partial charge in [0.15, 0.2) is 0 Å². The first-order valence-electron chi connectivity index (χ1n) is 5.96. The first-order chi connectivity index (χ1) is 7.43. The van der Waals surface area contributed by atoms with Gasteiger partial charge in [-0.1, -0.05) is 0 Å². The fourth-order valence-corrected chi connectivity index (χ4v) is 2.26. The first kappa shape index (κ1) is 9.28. The monoisotopic (exact) mass is 203 g/mol. The Morgan fingerprint density at radius 2 is 1.87 bits per heavy atom. The number of hydrogen-bond donors (Lipinski definition) is 1. The molecule has 0 amide bonds. The number of hydrogen-bond acceptors (Lipinski definition) is 3. The highest BCUT2D eigenvalue weighted by Gasteiger charge is 2.25. The van der Waals surface area contributed by atoms with Crippen molar-refractivity contribution in [2.75, 3.05) is 13.1 Å². The molecule has 80 valence electrons. The van der Waals surface area contributed by atoms with Gasteiger partial charge in [-0.05, 0) is 43.7 Å². The van der Waals surface area contributed by atoms with E-state index >= 15 is 0 Å². The van der Waals surface area contributed by atoms with E-state index in [0.29, 0.717) is 5.92 Å². The van der Waals surface area contributed by atoms with E-state index in [1.807, 2.05) is 12.4 Å². The quantitative estimate of drug-likeness (QED) is 0.796. The van der Waals surface area contributed by atoms with E-state index in [1.54, 1.807) is 0 Å². The summed E-state index contributed by atoms with van der Waals surface area (Å²) in [6.45, 7) is 2.19. The molecule has 1 atom stereocenters. The molecule has 2 aliphatic rings. The lowest BCUT2D eigenvalue weighted by Crippen LogP contribution is -2.29. The van der Waals surface area contributed by atoms with E-state index in [9.17, 15) is 0 Å². The average Bonchev–Trinajstić information content (AvgIpc) is 3.15. The van der Waals surface area contributed by atoms with Gasteiger partial charge in [0.1, 0.15) is 5.82 Å². The van der Waals surface area contributed by atoms with Crippen LogP contribution in [0.2, 0.25) is 0 Å².